The van der Waals surface area contributed by atoms with E-state index in [1.165, 1.54) is 6.92 Å². The molecule has 7 heteroatoms. The van der Waals surface area contributed by atoms with Crippen molar-refractivity contribution in [3.63, 3.8) is 0 Å². The van der Waals surface area contributed by atoms with Crippen molar-refractivity contribution in [3.05, 3.63) is 16.6 Å². The van der Waals surface area contributed by atoms with Gasteiger partial charge in [-0.15, -0.1) is 0 Å². The van der Waals surface area contributed by atoms with Crippen molar-refractivity contribution in [2.45, 2.75) is 46.1 Å². The lowest BCUT2D eigenvalue weighted by molar-refractivity contribution is 0.106. The Morgan fingerprint density at radius 3 is 2.65 bits per heavy atom. The summed E-state index contributed by atoms with van der Waals surface area (Å²) in [6.45, 7) is 5.69. The Balaban J connectivity index is 2.15. The SMILES string of the molecule is C/C([N+]#N)=C(\O)N1[C@H]2C[C@H]3CC[C@]2(CS1(=O)=O)C3(C)C. The van der Waals surface area contributed by atoms with E-state index < -0.39 is 15.9 Å². The molecule has 0 aromatic heterocycles. The lowest BCUT2D eigenvalue weighted by Crippen LogP contribution is -2.41. The summed E-state index contributed by atoms with van der Waals surface area (Å²) < 4.78 is 26.1. The summed E-state index contributed by atoms with van der Waals surface area (Å²) in [5.41, 5.74) is -0.393. The third-order valence-corrected chi connectivity index (χ3v) is 8.00. The summed E-state index contributed by atoms with van der Waals surface area (Å²) in [7, 11) is -3.56. The maximum absolute atomic E-state index is 12.5. The van der Waals surface area contributed by atoms with Crippen LogP contribution in [0.2, 0.25) is 0 Å². The molecule has 3 rings (SSSR count). The fraction of sp³-hybridized carbons (Fsp3) is 0.846. The van der Waals surface area contributed by atoms with E-state index in [9.17, 15) is 13.5 Å². The van der Waals surface area contributed by atoms with Crippen LogP contribution in [0.25, 0.3) is 4.98 Å². The van der Waals surface area contributed by atoms with Crippen LogP contribution in [0, 0.1) is 22.1 Å². The topological polar surface area (TPSA) is 85.8 Å². The van der Waals surface area contributed by atoms with Gasteiger partial charge in [-0.2, -0.15) is 0 Å². The first-order valence-corrected chi connectivity index (χ1v) is 8.55. The van der Waals surface area contributed by atoms with E-state index in [2.05, 4.69) is 18.8 Å². The van der Waals surface area contributed by atoms with Gasteiger partial charge in [-0.3, -0.25) is 0 Å². The molecule has 0 unspecified atom stereocenters. The molecule has 110 valence electrons. The zero-order valence-electron chi connectivity index (χ0n) is 12.0. The number of hydrogen-bond acceptors (Lipinski definition) is 4. The molecule has 0 aromatic rings. The summed E-state index contributed by atoms with van der Waals surface area (Å²) in [5.74, 6) is 0.138. The summed E-state index contributed by atoms with van der Waals surface area (Å²) in [4.78, 5) is 2.93. The number of fused-ring (bicyclic) bond motifs is 1. The molecule has 20 heavy (non-hydrogen) atoms. The van der Waals surface area contributed by atoms with Crippen LogP contribution in [0.5, 0.6) is 0 Å². The van der Waals surface area contributed by atoms with E-state index in [0.717, 1.165) is 23.6 Å². The summed E-state index contributed by atoms with van der Waals surface area (Å²) in [6, 6.07) is -0.210. The van der Waals surface area contributed by atoms with Crippen LogP contribution in [0.4, 0.5) is 0 Å². The highest BCUT2D eigenvalue weighted by atomic mass is 32.2. The Bertz CT molecular complexity index is 646. The molecule has 1 saturated heterocycles. The molecule has 2 aliphatic carbocycles. The van der Waals surface area contributed by atoms with Gasteiger partial charge in [-0.1, -0.05) is 13.8 Å². The average molecular weight is 298 g/mol. The van der Waals surface area contributed by atoms with Crippen LogP contribution in [0.1, 0.15) is 40.0 Å². The van der Waals surface area contributed by atoms with Gasteiger partial charge in [0.2, 0.25) is 15.4 Å². The molecule has 0 amide bonds. The molecular formula is C13H20N3O3S+. The van der Waals surface area contributed by atoms with Crippen LogP contribution < -0.4 is 0 Å². The fourth-order valence-electron chi connectivity index (χ4n) is 4.77. The fourth-order valence-corrected chi connectivity index (χ4v) is 7.34. The lowest BCUT2D eigenvalue weighted by atomic mass is 9.69. The molecule has 2 saturated carbocycles. The quantitative estimate of drug-likeness (QED) is 0.595. The van der Waals surface area contributed by atoms with E-state index in [1.807, 2.05) is 0 Å². The Labute approximate surface area is 119 Å². The van der Waals surface area contributed by atoms with Crippen molar-refractivity contribution < 1.29 is 13.5 Å². The van der Waals surface area contributed by atoms with Crippen LogP contribution in [0.15, 0.2) is 11.6 Å². The number of allylic oxidation sites excluding steroid dienone is 1. The van der Waals surface area contributed by atoms with Gasteiger partial charge in [-0.25, -0.2) is 12.7 Å². The molecule has 1 spiro atoms. The third kappa shape index (κ3) is 1.33. The Kier molecular flexibility index (Phi) is 2.51. The van der Waals surface area contributed by atoms with Gasteiger partial charge in [0.1, 0.15) is 0 Å². The van der Waals surface area contributed by atoms with Crippen molar-refractivity contribution >= 4 is 10.0 Å². The van der Waals surface area contributed by atoms with Crippen molar-refractivity contribution in [3.8, 4) is 0 Å². The number of sulfonamides is 1. The number of diazo groups is 1. The zero-order valence-corrected chi connectivity index (χ0v) is 12.8. The normalized spacial score (nSPS) is 41.2. The lowest BCUT2D eigenvalue weighted by Gasteiger charge is -2.36. The molecule has 1 N–H and O–H groups in total. The number of aliphatic hydroxyl groups excluding tert-OH is 1. The Morgan fingerprint density at radius 2 is 2.10 bits per heavy atom. The molecule has 0 radical (unpaired) electrons. The molecular weight excluding hydrogens is 278 g/mol. The minimum absolute atomic E-state index is 0.0377. The van der Waals surface area contributed by atoms with Gasteiger partial charge in [-0.05, 0) is 30.6 Å². The minimum atomic E-state index is -3.56. The second kappa shape index (κ2) is 3.67. The van der Waals surface area contributed by atoms with Gasteiger partial charge in [0.05, 0.1) is 11.8 Å². The number of nitrogens with zero attached hydrogens (tertiary/aromatic N) is 3. The maximum Gasteiger partial charge on any atom is 0.418 e. The number of aliphatic hydroxyl groups is 1. The third-order valence-electron chi connectivity index (χ3n) is 6.09. The summed E-state index contributed by atoms with van der Waals surface area (Å²) >= 11 is 0. The van der Waals surface area contributed by atoms with Crippen LogP contribution in [-0.4, -0.2) is 29.6 Å². The summed E-state index contributed by atoms with van der Waals surface area (Å²) in [6.07, 6.45) is 2.71. The van der Waals surface area contributed by atoms with E-state index >= 15 is 0 Å². The highest BCUT2D eigenvalue weighted by Gasteiger charge is 2.72. The minimum Gasteiger partial charge on any atom is -0.489 e. The van der Waals surface area contributed by atoms with Gasteiger partial charge in [0.15, 0.2) is 4.98 Å². The number of rotatable bonds is 1. The predicted molar refractivity (Wildman–Crippen MR) is 73.4 cm³/mol. The largest absolute Gasteiger partial charge is 0.489 e. The number of hydrogen-bond donors (Lipinski definition) is 1. The van der Waals surface area contributed by atoms with Crippen molar-refractivity contribution in [1.29, 1.82) is 5.39 Å². The second-order valence-electron chi connectivity index (χ2n) is 6.93. The standard InChI is InChI=1S/C13H19N3O3S/c1-8(15-14)11(17)16-10-6-9-4-5-13(10,12(9,2)3)7-20(16,18)19/h9-10H,4-7H2,1-3H3/p+1/b11-8+/t9-,10+,13-/m1/s1. The van der Waals surface area contributed by atoms with Crippen molar-refractivity contribution in [2.24, 2.45) is 16.7 Å². The molecule has 3 aliphatic rings. The van der Waals surface area contributed by atoms with Crippen LogP contribution in [0.3, 0.4) is 0 Å². The molecule has 3 fully saturated rings. The first-order chi connectivity index (χ1) is 9.17. The molecule has 6 nitrogen and oxygen atoms in total. The van der Waals surface area contributed by atoms with Gasteiger partial charge < -0.3 is 5.11 Å². The Morgan fingerprint density at radius 1 is 1.45 bits per heavy atom. The van der Waals surface area contributed by atoms with Crippen molar-refractivity contribution in [1.82, 2.24) is 4.31 Å². The van der Waals surface area contributed by atoms with Gasteiger partial charge in [0, 0.05) is 12.3 Å². The molecule has 1 heterocycles. The van der Waals surface area contributed by atoms with E-state index in [0.29, 0.717) is 5.92 Å². The molecule has 0 aromatic carbocycles. The molecule has 1 aliphatic heterocycles. The maximum atomic E-state index is 12.5. The second-order valence-corrected chi connectivity index (χ2v) is 8.77. The highest BCUT2D eigenvalue weighted by Crippen LogP contribution is 2.70. The predicted octanol–water partition coefficient (Wildman–Crippen LogP) is 2.43. The van der Waals surface area contributed by atoms with E-state index in [4.69, 9.17) is 5.39 Å². The summed E-state index contributed by atoms with van der Waals surface area (Å²) in [5, 5.41) is 19.0. The van der Waals surface area contributed by atoms with Crippen molar-refractivity contribution in [2.75, 3.05) is 5.75 Å². The van der Waals surface area contributed by atoms with Gasteiger partial charge in [0.25, 0.3) is 5.88 Å². The van der Waals surface area contributed by atoms with Crippen LogP contribution in [-0.2, 0) is 10.0 Å². The van der Waals surface area contributed by atoms with E-state index in [-0.39, 0.29) is 28.3 Å². The molecule has 2 bridgehead atoms. The monoisotopic (exact) mass is 298 g/mol. The smallest absolute Gasteiger partial charge is 0.418 e. The van der Waals surface area contributed by atoms with Gasteiger partial charge >= 0.3 is 5.70 Å². The Hall–Kier alpha value is -1.29. The molecule has 3 atom stereocenters. The first kappa shape index (κ1) is 13.7. The first-order valence-electron chi connectivity index (χ1n) is 6.94. The van der Waals surface area contributed by atoms with Crippen LogP contribution >= 0.6 is 0 Å². The average Bonchev–Trinajstić information content (AvgIpc) is 2.83. The highest BCUT2D eigenvalue weighted by molar-refractivity contribution is 7.89. The van der Waals surface area contributed by atoms with E-state index in [1.54, 1.807) is 0 Å². The zero-order chi connectivity index (χ0) is 14.9.